The molecule has 1 N–H and O–H groups in total. The summed E-state index contributed by atoms with van der Waals surface area (Å²) >= 11 is 0. The van der Waals surface area contributed by atoms with Gasteiger partial charge in [0.1, 0.15) is 23.8 Å². The van der Waals surface area contributed by atoms with E-state index in [1.165, 1.54) is 0 Å². The van der Waals surface area contributed by atoms with Crippen molar-refractivity contribution in [3.8, 4) is 17.0 Å². The molecule has 2 aliphatic heterocycles. The lowest BCUT2D eigenvalue weighted by Crippen LogP contribution is -2.41. The monoisotopic (exact) mass is 513 g/mol. The fourth-order valence-corrected chi connectivity index (χ4v) is 4.47. The molecule has 1 atom stereocenters. The second-order valence-corrected chi connectivity index (χ2v) is 11.7. The van der Waals surface area contributed by atoms with Gasteiger partial charge in [-0.15, -0.1) is 0 Å². The van der Waals surface area contributed by atoms with E-state index in [9.17, 15) is 4.79 Å². The van der Waals surface area contributed by atoms with Gasteiger partial charge in [0.25, 0.3) is 0 Å². The molecule has 202 valence electrons. The lowest BCUT2D eigenvalue weighted by atomic mass is 9.78. The van der Waals surface area contributed by atoms with Crippen molar-refractivity contribution < 1.29 is 28.3 Å². The minimum atomic E-state index is -0.546. The van der Waals surface area contributed by atoms with Gasteiger partial charge >= 0.3 is 13.2 Å². The number of aromatic nitrogens is 2. The molecule has 0 unspecified atom stereocenters. The topological polar surface area (TPSA) is 95.1 Å². The number of aromatic amines is 1. The molecule has 3 heterocycles. The third-order valence-electron chi connectivity index (χ3n) is 7.17. The zero-order valence-corrected chi connectivity index (χ0v) is 23.3. The van der Waals surface area contributed by atoms with Gasteiger partial charge in [-0.1, -0.05) is 12.1 Å². The van der Waals surface area contributed by atoms with E-state index in [-0.39, 0.29) is 12.1 Å². The molecule has 1 aromatic heterocycles. The summed E-state index contributed by atoms with van der Waals surface area (Å²) in [5.74, 6) is 1.41. The van der Waals surface area contributed by atoms with Crippen molar-refractivity contribution in [3.63, 3.8) is 0 Å². The molecule has 1 aromatic carbocycles. The van der Waals surface area contributed by atoms with Gasteiger partial charge in [0.15, 0.2) is 0 Å². The van der Waals surface area contributed by atoms with E-state index < -0.39 is 23.9 Å². The summed E-state index contributed by atoms with van der Waals surface area (Å²) in [6.07, 6.45) is 3.22. The van der Waals surface area contributed by atoms with Crippen molar-refractivity contribution in [2.24, 2.45) is 0 Å². The Balaban J connectivity index is 1.58. The zero-order chi connectivity index (χ0) is 27.0. The Kier molecular flexibility index (Phi) is 7.65. The summed E-state index contributed by atoms with van der Waals surface area (Å²) in [7, 11) is 1.10. The number of hydrogen-bond donors (Lipinski definition) is 1. The van der Waals surface area contributed by atoms with E-state index in [2.05, 4.69) is 9.97 Å². The minimum absolute atomic E-state index is 0.148. The van der Waals surface area contributed by atoms with E-state index >= 15 is 0 Å². The van der Waals surface area contributed by atoms with Crippen LogP contribution in [0.25, 0.3) is 11.3 Å². The molecule has 0 saturated carbocycles. The smallest absolute Gasteiger partial charge is 0.492 e. The predicted molar refractivity (Wildman–Crippen MR) is 142 cm³/mol. The second-order valence-electron chi connectivity index (χ2n) is 11.7. The Morgan fingerprint density at radius 3 is 2.54 bits per heavy atom. The number of ether oxygens (including phenoxy) is 3. The van der Waals surface area contributed by atoms with Crippen LogP contribution >= 0.6 is 0 Å². The standard InChI is InChI=1S/C27H40BN3O6/c1-25(2,3)35-24(32)31-13-9-10-21(31)23-29-17-20(30-23)18-11-12-19(22(16-18)34-15-14-33-8)28-36-26(4,5)27(6,7)37-28/h11-12,16-17,21H,9-10,13-15H2,1-8H3,(H,29,30)/t21-/m0/s1. The van der Waals surface area contributed by atoms with Gasteiger partial charge in [0.05, 0.1) is 35.7 Å². The number of likely N-dealkylation sites (tertiary alicyclic amines) is 1. The molecule has 2 aliphatic rings. The maximum absolute atomic E-state index is 12.8. The average molecular weight is 513 g/mol. The molecular formula is C27H40BN3O6. The van der Waals surface area contributed by atoms with Gasteiger partial charge in [-0.05, 0) is 67.4 Å². The molecule has 10 heteroatoms. The molecule has 4 rings (SSSR count). The SMILES string of the molecule is COCCOc1cc(-c2cnc([C@@H]3CCCN3C(=O)OC(C)(C)C)[nH]2)ccc1B1OC(C)(C)C(C)(C)O1. The van der Waals surface area contributed by atoms with Crippen LogP contribution in [-0.4, -0.2) is 71.8 Å². The Labute approximate surface area is 220 Å². The van der Waals surface area contributed by atoms with Gasteiger partial charge in [-0.2, -0.15) is 0 Å². The van der Waals surface area contributed by atoms with E-state index in [1.807, 2.05) is 66.7 Å². The van der Waals surface area contributed by atoms with Gasteiger partial charge < -0.3 is 28.5 Å². The number of hydrogen-bond acceptors (Lipinski definition) is 7. The highest BCUT2D eigenvalue weighted by atomic mass is 16.7. The van der Waals surface area contributed by atoms with Crippen LogP contribution in [0.15, 0.2) is 24.4 Å². The summed E-state index contributed by atoms with van der Waals surface area (Å²) in [5, 5.41) is 0. The first-order chi connectivity index (χ1) is 17.3. The number of methoxy groups -OCH3 is 1. The lowest BCUT2D eigenvalue weighted by Gasteiger charge is -2.32. The lowest BCUT2D eigenvalue weighted by molar-refractivity contribution is 0.00578. The molecule has 1 amide bonds. The fourth-order valence-electron chi connectivity index (χ4n) is 4.47. The molecule has 0 radical (unpaired) electrons. The third-order valence-corrected chi connectivity index (χ3v) is 7.17. The summed E-state index contributed by atoms with van der Waals surface area (Å²) in [5.41, 5.74) is 1.11. The highest BCUT2D eigenvalue weighted by Crippen LogP contribution is 2.38. The number of benzene rings is 1. The maximum Gasteiger partial charge on any atom is 0.498 e. The first kappa shape index (κ1) is 27.5. The maximum atomic E-state index is 12.8. The zero-order valence-electron chi connectivity index (χ0n) is 23.3. The number of carbonyl (C=O) groups is 1. The Morgan fingerprint density at radius 1 is 1.19 bits per heavy atom. The number of imidazole rings is 1. The Hall–Kier alpha value is -2.56. The van der Waals surface area contributed by atoms with Gasteiger partial charge in [-0.25, -0.2) is 9.78 Å². The van der Waals surface area contributed by atoms with E-state index in [0.29, 0.717) is 25.5 Å². The molecule has 2 aromatic rings. The Bertz CT molecular complexity index is 1090. The average Bonchev–Trinajstić information content (AvgIpc) is 3.50. The van der Waals surface area contributed by atoms with Crippen LogP contribution in [0, 0.1) is 0 Å². The molecule has 37 heavy (non-hydrogen) atoms. The van der Waals surface area contributed by atoms with Crippen molar-refractivity contribution >= 4 is 18.7 Å². The number of H-pyrrole nitrogens is 1. The quantitative estimate of drug-likeness (QED) is 0.431. The first-order valence-electron chi connectivity index (χ1n) is 13.0. The molecule has 2 saturated heterocycles. The van der Waals surface area contributed by atoms with Crippen LogP contribution in [0.4, 0.5) is 4.79 Å². The van der Waals surface area contributed by atoms with E-state index in [1.54, 1.807) is 18.2 Å². The van der Waals surface area contributed by atoms with Crippen LogP contribution in [0.1, 0.15) is 73.2 Å². The number of rotatable bonds is 7. The minimum Gasteiger partial charge on any atom is -0.492 e. The van der Waals surface area contributed by atoms with Gasteiger partial charge in [-0.3, -0.25) is 4.90 Å². The summed E-state index contributed by atoms with van der Waals surface area (Å²) in [6, 6.07) is 5.79. The Morgan fingerprint density at radius 2 is 1.89 bits per heavy atom. The van der Waals surface area contributed by atoms with Crippen molar-refractivity contribution in [1.29, 1.82) is 0 Å². The fraction of sp³-hybridized carbons (Fsp3) is 0.630. The normalized spacial score (nSPS) is 20.9. The number of carbonyl (C=O) groups excluding carboxylic acids is 1. The van der Waals surface area contributed by atoms with Gasteiger partial charge in [0.2, 0.25) is 0 Å². The first-order valence-corrected chi connectivity index (χ1v) is 13.0. The molecular weight excluding hydrogens is 473 g/mol. The third kappa shape index (κ3) is 5.97. The number of nitrogens with zero attached hydrogens (tertiary/aromatic N) is 2. The summed E-state index contributed by atoms with van der Waals surface area (Å²) in [4.78, 5) is 22.6. The summed E-state index contributed by atoms with van der Waals surface area (Å²) < 4.78 is 29.5. The molecule has 0 aliphatic carbocycles. The molecule has 0 bridgehead atoms. The van der Waals surface area contributed by atoms with E-state index in [4.69, 9.17) is 23.5 Å². The predicted octanol–water partition coefficient (Wildman–Crippen LogP) is 4.47. The van der Waals surface area contributed by atoms with Crippen molar-refractivity contribution in [1.82, 2.24) is 14.9 Å². The van der Waals surface area contributed by atoms with Crippen LogP contribution < -0.4 is 10.2 Å². The number of amides is 1. The summed E-state index contributed by atoms with van der Waals surface area (Å²) in [6.45, 7) is 15.3. The molecule has 2 fully saturated rings. The number of nitrogens with one attached hydrogen (secondary N) is 1. The van der Waals surface area contributed by atoms with Crippen molar-refractivity contribution in [3.05, 3.63) is 30.2 Å². The van der Waals surface area contributed by atoms with Crippen molar-refractivity contribution in [2.75, 3.05) is 26.9 Å². The molecule has 0 spiro atoms. The highest BCUT2D eigenvalue weighted by molar-refractivity contribution is 6.63. The largest absolute Gasteiger partial charge is 0.498 e. The van der Waals surface area contributed by atoms with Gasteiger partial charge in [0, 0.05) is 24.7 Å². The molecule has 9 nitrogen and oxygen atoms in total. The van der Waals surface area contributed by atoms with Crippen molar-refractivity contribution in [2.45, 2.75) is 84.2 Å². The van der Waals surface area contributed by atoms with Crippen LogP contribution in [0.5, 0.6) is 5.75 Å². The second kappa shape index (κ2) is 10.3. The van der Waals surface area contributed by atoms with Crippen LogP contribution in [-0.2, 0) is 18.8 Å². The van der Waals surface area contributed by atoms with Crippen LogP contribution in [0.2, 0.25) is 0 Å². The van der Waals surface area contributed by atoms with E-state index in [0.717, 1.165) is 35.4 Å². The van der Waals surface area contributed by atoms with Crippen LogP contribution in [0.3, 0.4) is 0 Å². The highest BCUT2D eigenvalue weighted by Gasteiger charge is 2.52.